The van der Waals surface area contributed by atoms with Gasteiger partial charge < -0.3 is 14.5 Å². The van der Waals surface area contributed by atoms with Crippen LogP contribution in [0.5, 0.6) is 0 Å². The summed E-state index contributed by atoms with van der Waals surface area (Å²) in [5.41, 5.74) is -0.311. The highest BCUT2D eigenvalue weighted by atomic mass is 19.1. The first-order chi connectivity index (χ1) is 13.6. The lowest BCUT2D eigenvalue weighted by atomic mass is 10.0. The van der Waals surface area contributed by atoms with Gasteiger partial charge in [0.05, 0.1) is 16.7 Å². The van der Waals surface area contributed by atoms with Crippen LogP contribution in [0, 0.1) is 15.9 Å². The summed E-state index contributed by atoms with van der Waals surface area (Å²) in [4.78, 5) is 28.5. The molecule has 3 rings (SSSR count). The largest absolute Gasteiger partial charge is 0.444 e. The Morgan fingerprint density at radius 3 is 2.28 bits per heavy atom. The van der Waals surface area contributed by atoms with Gasteiger partial charge >= 0.3 is 6.09 Å². The van der Waals surface area contributed by atoms with Gasteiger partial charge in [-0.3, -0.25) is 15.0 Å². The monoisotopic (exact) mass is 408 g/mol. The molecular formula is C20H29FN4O4. The number of ether oxygens (including phenoxy) is 1. The fourth-order valence-electron chi connectivity index (χ4n) is 3.93. The Morgan fingerprint density at radius 2 is 1.76 bits per heavy atom. The van der Waals surface area contributed by atoms with Crippen molar-refractivity contribution in [3.8, 4) is 0 Å². The van der Waals surface area contributed by atoms with Gasteiger partial charge in [-0.25, -0.2) is 9.18 Å². The minimum absolute atomic E-state index is 0.235. The summed E-state index contributed by atoms with van der Waals surface area (Å²) in [5, 5.41) is 10.8. The summed E-state index contributed by atoms with van der Waals surface area (Å²) in [6.07, 6.45) is 1.53. The van der Waals surface area contributed by atoms with Crippen LogP contribution in [0.4, 0.5) is 20.6 Å². The number of likely N-dealkylation sites (tertiary alicyclic amines) is 1. The number of anilines is 1. The lowest BCUT2D eigenvalue weighted by molar-refractivity contribution is -0.385. The third kappa shape index (κ3) is 5.35. The summed E-state index contributed by atoms with van der Waals surface area (Å²) in [5.74, 6) is -0.557. The minimum Gasteiger partial charge on any atom is -0.444 e. The average molecular weight is 408 g/mol. The fourth-order valence-corrected chi connectivity index (χ4v) is 3.93. The van der Waals surface area contributed by atoms with Crippen molar-refractivity contribution in [2.75, 3.05) is 44.2 Å². The van der Waals surface area contributed by atoms with Crippen LogP contribution in [0.25, 0.3) is 0 Å². The molecule has 160 valence electrons. The predicted octanol–water partition coefficient (Wildman–Crippen LogP) is 3.26. The van der Waals surface area contributed by atoms with Crippen molar-refractivity contribution in [3.63, 3.8) is 0 Å². The van der Waals surface area contributed by atoms with E-state index in [0.29, 0.717) is 37.9 Å². The molecule has 0 bridgehead atoms. The average Bonchev–Trinajstić information content (AvgIpc) is 2.67. The van der Waals surface area contributed by atoms with Gasteiger partial charge in [0.1, 0.15) is 5.60 Å². The SMILES string of the molecule is CC(C)(C)OC(=O)N1CCC(N2CCN(c3ccc([N+](=O)[O-])cc3F)CC2)CC1. The number of benzene rings is 1. The van der Waals surface area contributed by atoms with Crippen molar-refractivity contribution in [1.82, 2.24) is 9.80 Å². The van der Waals surface area contributed by atoms with Gasteiger partial charge in [-0.05, 0) is 39.7 Å². The Kier molecular flexibility index (Phi) is 6.26. The van der Waals surface area contributed by atoms with Crippen molar-refractivity contribution in [2.24, 2.45) is 0 Å². The zero-order valence-electron chi connectivity index (χ0n) is 17.3. The number of hydrogen-bond donors (Lipinski definition) is 0. The standard InChI is InChI=1S/C20H29FN4O4/c1-20(2,3)29-19(26)24-8-6-15(7-9-24)22-10-12-23(13-11-22)18-5-4-16(25(27)28)14-17(18)21/h4-5,14-15H,6-13H2,1-3H3. The van der Waals surface area contributed by atoms with Crippen LogP contribution in [-0.2, 0) is 4.74 Å². The van der Waals surface area contributed by atoms with Crippen LogP contribution in [0.1, 0.15) is 33.6 Å². The number of nitro groups is 1. The number of rotatable bonds is 3. The zero-order chi connectivity index (χ0) is 21.2. The van der Waals surface area contributed by atoms with E-state index in [4.69, 9.17) is 4.74 Å². The molecule has 2 fully saturated rings. The normalized spacial score (nSPS) is 19.3. The van der Waals surface area contributed by atoms with Gasteiger partial charge in [0, 0.05) is 51.4 Å². The number of carbonyl (C=O) groups is 1. The van der Waals surface area contributed by atoms with E-state index >= 15 is 0 Å². The van der Waals surface area contributed by atoms with E-state index in [9.17, 15) is 19.3 Å². The molecule has 1 aromatic rings. The number of amides is 1. The molecule has 2 aliphatic heterocycles. The molecular weight excluding hydrogens is 379 g/mol. The van der Waals surface area contributed by atoms with Crippen LogP contribution in [0.3, 0.4) is 0 Å². The van der Waals surface area contributed by atoms with E-state index in [1.54, 1.807) is 4.90 Å². The first-order valence-electron chi connectivity index (χ1n) is 10.0. The summed E-state index contributed by atoms with van der Waals surface area (Å²) in [6, 6.07) is 4.21. The Balaban J connectivity index is 1.49. The number of nitro benzene ring substituents is 1. The molecule has 0 N–H and O–H groups in total. The topological polar surface area (TPSA) is 79.2 Å². The number of carbonyl (C=O) groups excluding carboxylic acids is 1. The van der Waals surface area contributed by atoms with Crippen LogP contribution in [-0.4, -0.2) is 71.7 Å². The third-order valence-corrected chi connectivity index (χ3v) is 5.43. The van der Waals surface area contributed by atoms with Crippen molar-refractivity contribution in [1.29, 1.82) is 0 Å². The maximum absolute atomic E-state index is 14.3. The Labute approximate surface area is 170 Å². The van der Waals surface area contributed by atoms with E-state index in [1.807, 2.05) is 25.7 Å². The highest BCUT2D eigenvalue weighted by Gasteiger charge is 2.31. The fraction of sp³-hybridized carbons (Fsp3) is 0.650. The molecule has 0 spiro atoms. The zero-order valence-corrected chi connectivity index (χ0v) is 17.3. The summed E-state index contributed by atoms with van der Waals surface area (Å²) >= 11 is 0. The lowest BCUT2D eigenvalue weighted by Gasteiger charge is -2.43. The number of non-ortho nitro benzene ring substituents is 1. The van der Waals surface area contributed by atoms with Gasteiger partial charge in [-0.2, -0.15) is 0 Å². The van der Waals surface area contributed by atoms with Crippen LogP contribution in [0.15, 0.2) is 18.2 Å². The van der Waals surface area contributed by atoms with Crippen molar-refractivity contribution in [2.45, 2.75) is 45.3 Å². The molecule has 29 heavy (non-hydrogen) atoms. The molecule has 2 aliphatic rings. The number of piperidine rings is 1. The number of piperazine rings is 1. The number of halogens is 1. The summed E-state index contributed by atoms with van der Waals surface area (Å²) in [6.45, 7) is 9.89. The molecule has 1 aromatic carbocycles. The summed E-state index contributed by atoms with van der Waals surface area (Å²) in [7, 11) is 0. The van der Waals surface area contributed by atoms with E-state index < -0.39 is 16.3 Å². The molecule has 8 nitrogen and oxygen atoms in total. The molecule has 2 saturated heterocycles. The molecule has 0 radical (unpaired) electrons. The summed E-state index contributed by atoms with van der Waals surface area (Å²) < 4.78 is 19.7. The van der Waals surface area contributed by atoms with Gasteiger partial charge in [-0.1, -0.05) is 0 Å². The second-order valence-electron chi connectivity index (χ2n) is 8.61. The molecule has 2 heterocycles. The second-order valence-corrected chi connectivity index (χ2v) is 8.61. The Hall–Kier alpha value is -2.42. The maximum atomic E-state index is 14.3. The van der Waals surface area contributed by atoms with Gasteiger partial charge in [0.15, 0.2) is 5.82 Å². The smallest absolute Gasteiger partial charge is 0.410 e. The van der Waals surface area contributed by atoms with E-state index in [0.717, 1.165) is 32.0 Å². The van der Waals surface area contributed by atoms with Crippen molar-refractivity contribution >= 4 is 17.5 Å². The van der Waals surface area contributed by atoms with Crippen molar-refractivity contribution < 1.29 is 18.8 Å². The van der Waals surface area contributed by atoms with Gasteiger partial charge in [0.25, 0.3) is 5.69 Å². The Bertz CT molecular complexity index is 751. The second kappa shape index (κ2) is 8.52. The molecule has 0 aromatic heterocycles. The van der Waals surface area contributed by atoms with E-state index in [2.05, 4.69) is 4.90 Å². The molecule has 1 amide bonds. The first kappa shape index (κ1) is 21.3. The van der Waals surface area contributed by atoms with E-state index in [1.165, 1.54) is 12.1 Å². The van der Waals surface area contributed by atoms with Crippen molar-refractivity contribution in [3.05, 3.63) is 34.1 Å². The lowest BCUT2D eigenvalue weighted by Crippen LogP contribution is -2.54. The molecule has 0 atom stereocenters. The van der Waals surface area contributed by atoms with Gasteiger partial charge in [-0.15, -0.1) is 0 Å². The highest BCUT2D eigenvalue weighted by molar-refractivity contribution is 5.68. The number of nitrogens with zero attached hydrogens (tertiary/aromatic N) is 4. The molecule has 0 aliphatic carbocycles. The highest BCUT2D eigenvalue weighted by Crippen LogP contribution is 2.26. The van der Waals surface area contributed by atoms with Gasteiger partial charge in [0.2, 0.25) is 0 Å². The Morgan fingerprint density at radius 1 is 1.14 bits per heavy atom. The van der Waals surface area contributed by atoms with Crippen LogP contribution >= 0.6 is 0 Å². The maximum Gasteiger partial charge on any atom is 0.410 e. The van der Waals surface area contributed by atoms with Crippen LogP contribution in [0.2, 0.25) is 0 Å². The molecule has 9 heteroatoms. The minimum atomic E-state index is -0.589. The first-order valence-corrected chi connectivity index (χ1v) is 10.0. The molecule has 0 saturated carbocycles. The molecule has 0 unspecified atom stereocenters. The van der Waals surface area contributed by atoms with E-state index in [-0.39, 0.29) is 11.8 Å². The third-order valence-electron chi connectivity index (χ3n) is 5.43. The van der Waals surface area contributed by atoms with Crippen LogP contribution < -0.4 is 4.90 Å². The quantitative estimate of drug-likeness (QED) is 0.564. The predicted molar refractivity (Wildman–Crippen MR) is 108 cm³/mol. The number of hydrogen-bond acceptors (Lipinski definition) is 6.